The second-order valence-electron chi connectivity index (χ2n) is 6.08. The van der Waals surface area contributed by atoms with Crippen molar-refractivity contribution in [1.29, 1.82) is 0 Å². The van der Waals surface area contributed by atoms with Gasteiger partial charge in [0.25, 0.3) is 0 Å². The summed E-state index contributed by atoms with van der Waals surface area (Å²) in [6.45, 7) is 0. The van der Waals surface area contributed by atoms with Gasteiger partial charge in [0.05, 0.1) is 0 Å². The molecule has 114 valence electrons. The van der Waals surface area contributed by atoms with Crippen LogP contribution in [0.25, 0.3) is 9.41 Å². The number of pyridine rings is 1. The zero-order valence-corrected chi connectivity index (χ0v) is 16.7. The molecule has 1 aromatic heterocycles. The standard InChI is InChI=1S/C18H11N2O2S.In/c21-17-16(23-18(22)20-17)12-15-6-2-1-5-14(15)7-3-4-13-8-10-19-11-9-13;/h1-2,6-11H,4H2,(H,20,21,22);. The summed E-state index contributed by atoms with van der Waals surface area (Å²) in [5, 5.41) is 2.16. The summed E-state index contributed by atoms with van der Waals surface area (Å²) in [5.41, 5.74) is 3.72. The van der Waals surface area contributed by atoms with E-state index in [2.05, 4.69) is 34.6 Å². The third-order valence-electron chi connectivity index (χ3n) is 4.75. The molecule has 5 rings (SSSR count). The van der Waals surface area contributed by atoms with Crippen LogP contribution < -0.4 is 8.64 Å². The van der Waals surface area contributed by atoms with E-state index >= 15 is 0 Å². The number of rotatable bonds is 2. The molecule has 1 aromatic carbocycles. The van der Waals surface area contributed by atoms with Gasteiger partial charge in [0.2, 0.25) is 0 Å². The third-order valence-corrected chi connectivity index (χ3v) is 16.0. The topological polar surface area (TPSA) is 59.1 Å². The molecule has 1 saturated heterocycles. The summed E-state index contributed by atoms with van der Waals surface area (Å²) in [6.07, 6.45) is 6.87. The molecule has 2 aromatic rings. The number of thioether (sulfide) groups is 1. The minimum atomic E-state index is -2.47. The van der Waals surface area contributed by atoms with Gasteiger partial charge in [0, 0.05) is 0 Å². The average Bonchev–Trinajstić information content (AvgIpc) is 3.14. The first-order valence-electron chi connectivity index (χ1n) is 7.72. The SMILES string of the molecule is O=C1NC(=O)/C(=[C]2\c3ccc[c]4c3C=[C](Cc3ccncc3)[In]24)S1. The normalized spacial score (nSPS) is 20.7. The van der Waals surface area contributed by atoms with Gasteiger partial charge in [-0.05, 0) is 0 Å². The van der Waals surface area contributed by atoms with E-state index < -0.39 is 21.4 Å². The van der Waals surface area contributed by atoms with Gasteiger partial charge in [0.1, 0.15) is 0 Å². The fourth-order valence-electron chi connectivity index (χ4n) is 3.83. The Bertz CT molecular complexity index is 982. The summed E-state index contributed by atoms with van der Waals surface area (Å²) >= 11 is -1.40. The number of hydrogen-bond donors (Lipinski definition) is 1. The number of hydrogen-bond acceptors (Lipinski definition) is 4. The van der Waals surface area contributed by atoms with E-state index in [1.165, 1.54) is 26.7 Å². The average molecular weight is 434 g/mol. The fraction of sp³-hybridized carbons (Fsp3) is 0.0556. The van der Waals surface area contributed by atoms with E-state index in [0.29, 0.717) is 4.91 Å². The van der Waals surface area contributed by atoms with Crippen LogP contribution in [0.5, 0.6) is 0 Å². The van der Waals surface area contributed by atoms with Gasteiger partial charge in [-0.15, -0.1) is 0 Å². The molecule has 1 N–H and O–H groups in total. The van der Waals surface area contributed by atoms with Gasteiger partial charge in [0.15, 0.2) is 0 Å². The number of carbonyl (C=O) groups is 2. The molecular weight excluding hydrogens is 423 g/mol. The molecule has 0 radical (unpaired) electrons. The summed E-state index contributed by atoms with van der Waals surface area (Å²) in [4.78, 5) is 28.6. The molecule has 0 unspecified atom stereocenters. The van der Waals surface area contributed by atoms with Crippen molar-refractivity contribution in [3.05, 3.63) is 67.7 Å². The monoisotopic (exact) mass is 434 g/mol. The molecule has 0 spiro atoms. The molecule has 0 saturated carbocycles. The molecule has 0 atom stereocenters. The van der Waals surface area contributed by atoms with Crippen LogP contribution in [0.4, 0.5) is 4.79 Å². The number of allylic oxidation sites excluding steroid dienone is 1. The van der Waals surface area contributed by atoms with Gasteiger partial charge in [-0.25, -0.2) is 0 Å². The zero-order valence-electron chi connectivity index (χ0n) is 12.6. The summed E-state index contributed by atoms with van der Waals surface area (Å²) in [7, 11) is 0. The van der Waals surface area contributed by atoms with Gasteiger partial charge < -0.3 is 0 Å². The Kier molecular flexibility index (Phi) is 3.25. The first kappa shape index (κ1) is 14.5. The van der Waals surface area contributed by atoms with Crippen molar-refractivity contribution in [2.45, 2.75) is 6.42 Å². The number of aromatic nitrogens is 1. The number of benzene rings is 1. The van der Waals surface area contributed by atoms with Crippen LogP contribution in [0.2, 0.25) is 0 Å². The van der Waals surface area contributed by atoms with Crippen LogP contribution in [0.3, 0.4) is 0 Å². The molecule has 2 amide bonds. The molecule has 0 aliphatic carbocycles. The van der Waals surface area contributed by atoms with E-state index in [1.54, 1.807) is 0 Å². The zero-order chi connectivity index (χ0) is 16.3. The van der Waals surface area contributed by atoms with E-state index in [-0.39, 0.29) is 11.1 Å². The Morgan fingerprint density at radius 2 is 1.96 bits per heavy atom. The predicted octanol–water partition coefficient (Wildman–Crippen LogP) is 2.21. The third kappa shape index (κ3) is 2.06. The van der Waals surface area contributed by atoms with Crippen molar-refractivity contribution in [3.8, 4) is 0 Å². The first-order valence-corrected chi connectivity index (χ1v) is 13.5. The predicted molar refractivity (Wildman–Crippen MR) is 95.8 cm³/mol. The van der Waals surface area contributed by atoms with Gasteiger partial charge >= 0.3 is 151 Å². The van der Waals surface area contributed by atoms with Gasteiger partial charge in [-0.1, -0.05) is 0 Å². The molecule has 4 heterocycles. The van der Waals surface area contributed by atoms with Crippen molar-refractivity contribution >= 4 is 57.1 Å². The fourth-order valence-corrected chi connectivity index (χ4v) is 16.3. The van der Waals surface area contributed by atoms with E-state index in [9.17, 15) is 9.59 Å². The summed E-state index contributed by atoms with van der Waals surface area (Å²) in [5.74, 6) is -0.222. The molecule has 3 aliphatic rings. The maximum absolute atomic E-state index is 12.2. The Morgan fingerprint density at radius 3 is 2.67 bits per heavy atom. The second-order valence-corrected chi connectivity index (χ2v) is 15.1. The van der Waals surface area contributed by atoms with E-state index in [4.69, 9.17) is 0 Å². The molecule has 6 heteroatoms. The molecule has 24 heavy (non-hydrogen) atoms. The number of nitrogens with one attached hydrogen (secondary N) is 1. The van der Waals surface area contributed by atoms with Crippen molar-refractivity contribution in [2.24, 2.45) is 0 Å². The van der Waals surface area contributed by atoms with Crippen molar-refractivity contribution in [3.63, 3.8) is 0 Å². The number of imide groups is 1. The van der Waals surface area contributed by atoms with Crippen LogP contribution in [0.15, 0.2) is 51.0 Å². The van der Waals surface area contributed by atoms with E-state index in [0.717, 1.165) is 18.2 Å². The van der Waals surface area contributed by atoms with Crippen LogP contribution in [-0.4, -0.2) is 37.6 Å². The van der Waals surface area contributed by atoms with Gasteiger partial charge in [-0.2, -0.15) is 0 Å². The summed E-state index contributed by atoms with van der Waals surface area (Å²) < 4.78 is 4.13. The molecule has 3 aliphatic heterocycles. The van der Waals surface area contributed by atoms with Crippen LogP contribution >= 0.6 is 11.8 Å². The number of nitrogens with zero attached hydrogens (tertiary/aromatic N) is 1. The molecule has 4 nitrogen and oxygen atoms in total. The Labute approximate surface area is 150 Å². The number of amides is 2. The summed E-state index contributed by atoms with van der Waals surface area (Å²) in [6, 6.07) is 10.5. The Balaban J connectivity index is 1.63. The van der Waals surface area contributed by atoms with Crippen LogP contribution in [0.1, 0.15) is 16.7 Å². The van der Waals surface area contributed by atoms with E-state index in [1.807, 2.05) is 24.5 Å². The van der Waals surface area contributed by atoms with Crippen molar-refractivity contribution in [2.75, 3.05) is 0 Å². The molecule has 1 fully saturated rings. The van der Waals surface area contributed by atoms with Crippen molar-refractivity contribution < 1.29 is 9.59 Å². The van der Waals surface area contributed by atoms with Crippen molar-refractivity contribution in [1.82, 2.24) is 10.3 Å². The minimum absolute atomic E-state index is 0.222. The Morgan fingerprint density at radius 1 is 1.12 bits per heavy atom. The van der Waals surface area contributed by atoms with Crippen LogP contribution in [-0.2, 0) is 11.2 Å². The maximum atomic E-state index is 12.2. The first-order chi connectivity index (χ1) is 11.7. The quantitative estimate of drug-likeness (QED) is 0.737. The second kappa shape index (κ2) is 5.36. The number of carbonyl (C=O) groups excluding carboxylic acids is 2. The van der Waals surface area contributed by atoms with Crippen LogP contribution in [0, 0.1) is 0 Å². The molecule has 4 bridgehead atoms. The van der Waals surface area contributed by atoms with Gasteiger partial charge in [-0.3, -0.25) is 0 Å². The molecular formula is C18H11InN2O2S. The Hall–Kier alpha value is -1.79.